The van der Waals surface area contributed by atoms with Crippen LogP contribution in [0.1, 0.15) is 58.9 Å². The van der Waals surface area contributed by atoms with E-state index in [1.807, 2.05) is 51.1 Å². The largest absolute Gasteiger partial charge is 0.480 e. The molecule has 0 spiro atoms. The number of carboxylic acid groups (broad SMARTS) is 1. The Morgan fingerprint density at radius 3 is 2.00 bits per heavy atom. The van der Waals surface area contributed by atoms with Crippen molar-refractivity contribution in [2.24, 2.45) is 23.3 Å². The van der Waals surface area contributed by atoms with Crippen LogP contribution in [0.25, 0.3) is 0 Å². The minimum Gasteiger partial charge on any atom is -0.480 e. The second-order valence-electron chi connectivity index (χ2n) is 9.58. The summed E-state index contributed by atoms with van der Waals surface area (Å²) in [5.41, 5.74) is 12.3. The van der Waals surface area contributed by atoms with E-state index in [0.717, 1.165) is 5.56 Å². The molecule has 5 atom stereocenters. The molecule has 0 fully saturated rings. The summed E-state index contributed by atoms with van der Waals surface area (Å²) in [6.45, 7) is 7.64. The van der Waals surface area contributed by atoms with Gasteiger partial charge in [0.2, 0.25) is 17.7 Å². The predicted octanol–water partition coefficient (Wildman–Crippen LogP) is 0.927. The normalized spacial score (nSPS) is 15.3. The summed E-state index contributed by atoms with van der Waals surface area (Å²) < 4.78 is 0. The molecule has 10 nitrogen and oxygen atoms in total. The molecule has 0 aliphatic carbocycles. The summed E-state index contributed by atoms with van der Waals surface area (Å²) >= 11 is 0. The number of unbranched alkanes of at least 4 members (excludes halogenated alkanes) is 1. The summed E-state index contributed by atoms with van der Waals surface area (Å²) in [4.78, 5) is 50.8. The molecule has 0 aromatic heterocycles. The number of carboxylic acids is 1. The van der Waals surface area contributed by atoms with Gasteiger partial charge in [-0.3, -0.25) is 14.4 Å². The van der Waals surface area contributed by atoms with Crippen molar-refractivity contribution in [1.82, 2.24) is 16.0 Å². The zero-order valence-electron chi connectivity index (χ0n) is 21.8. The van der Waals surface area contributed by atoms with E-state index in [1.165, 1.54) is 0 Å². The molecule has 0 aliphatic heterocycles. The molecule has 5 unspecified atom stereocenters. The van der Waals surface area contributed by atoms with Crippen molar-refractivity contribution in [3.63, 3.8) is 0 Å². The lowest BCUT2D eigenvalue weighted by atomic mass is 9.98. The summed E-state index contributed by atoms with van der Waals surface area (Å²) in [6, 6.07) is 5.26. The fourth-order valence-corrected chi connectivity index (χ4v) is 3.60. The standard InChI is InChI=1S/C26H43N5O5/c1-5-17(4)22(26(35)36)31-24(33)20(15-18-11-7-6-8-12-18)30-23(32)19(13-9-10-14-27)29-25(34)21(28)16(2)3/h6-8,11-12,16-17,19-22H,5,9-10,13-15,27-28H2,1-4H3,(H,29,34)(H,30,32)(H,31,33)(H,35,36). The first-order chi connectivity index (χ1) is 17.0. The Kier molecular flexibility index (Phi) is 13.7. The Balaban J connectivity index is 3.14. The quantitative estimate of drug-likeness (QED) is 0.181. The Labute approximate surface area is 213 Å². The minimum atomic E-state index is -1.14. The summed E-state index contributed by atoms with van der Waals surface area (Å²) in [7, 11) is 0. The third kappa shape index (κ3) is 10.3. The number of aliphatic carboxylic acids is 1. The first-order valence-corrected chi connectivity index (χ1v) is 12.6. The Hall–Kier alpha value is -2.98. The minimum absolute atomic E-state index is 0.122. The van der Waals surface area contributed by atoms with E-state index in [4.69, 9.17) is 11.5 Å². The maximum atomic E-state index is 13.3. The van der Waals surface area contributed by atoms with Crippen LogP contribution in [0.2, 0.25) is 0 Å². The van der Waals surface area contributed by atoms with Crippen molar-refractivity contribution < 1.29 is 24.3 Å². The van der Waals surface area contributed by atoms with Crippen LogP contribution in [0.3, 0.4) is 0 Å². The highest BCUT2D eigenvalue weighted by atomic mass is 16.4. The molecule has 10 heteroatoms. The Morgan fingerprint density at radius 2 is 1.47 bits per heavy atom. The fourth-order valence-electron chi connectivity index (χ4n) is 3.60. The van der Waals surface area contributed by atoms with Crippen LogP contribution in [0.15, 0.2) is 30.3 Å². The number of hydrogen-bond acceptors (Lipinski definition) is 6. The van der Waals surface area contributed by atoms with Crippen LogP contribution in [-0.2, 0) is 25.6 Å². The zero-order chi connectivity index (χ0) is 27.3. The van der Waals surface area contributed by atoms with Gasteiger partial charge in [0.15, 0.2) is 0 Å². The van der Waals surface area contributed by atoms with E-state index in [2.05, 4.69) is 16.0 Å². The van der Waals surface area contributed by atoms with Crippen molar-refractivity contribution in [3.8, 4) is 0 Å². The maximum Gasteiger partial charge on any atom is 0.326 e. The zero-order valence-corrected chi connectivity index (χ0v) is 21.8. The van der Waals surface area contributed by atoms with E-state index in [9.17, 15) is 24.3 Å². The van der Waals surface area contributed by atoms with Gasteiger partial charge in [-0.05, 0) is 43.2 Å². The van der Waals surface area contributed by atoms with Crippen molar-refractivity contribution in [1.29, 1.82) is 0 Å². The first-order valence-electron chi connectivity index (χ1n) is 12.6. The third-order valence-corrected chi connectivity index (χ3v) is 6.29. The molecule has 3 amide bonds. The van der Waals surface area contributed by atoms with E-state index in [0.29, 0.717) is 32.2 Å². The van der Waals surface area contributed by atoms with Crippen LogP contribution >= 0.6 is 0 Å². The van der Waals surface area contributed by atoms with Crippen LogP contribution in [0.5, 0.6) is 0 Å². The molecule has 0 saturated carbocycles. The average molecular weight is 506 g/mol. The Morgan fingerprint density at radius 1 is 0.889 bits per heavy atom. The number of benzene rings is 1. The highest BCUT2D eigenvalue weighted by molar-refractivity contribution is 5.94. The monoisotopic (exact) mass is 505 g/mol. The molecule has 1 aromatic rings. The van der Waals surface area contributed by atoms with Gasteiger partial charge in [-0.25, -0.2) is 4.79 Å². The van der Waals surface area contributed by atoms with E-state index in [1.54, 1.807) is 6.92 Å². The molecule has 1 rings (SSSR count). The van der Waals surface area contributed by atoms with Gasteiger partial charge in [0.1, 0.15) is 18.1 Å². The average Bonchev–Trinajstić information content (AvgIpc) is 2.85. The van der Waals surface area contributed by atoms with Gasteiger partial charge in [0.05, 0.1) is 6.04 Å². The maximum absolute atomic E-state index is 13.3. The van der Waals surface area contributed by atoms with Crippen LogP contribution < -0.4 is 27.4 Å². The highest BCUT2D eigenvalue weighted by Crippen LogP contribution is 2.11. The fraction of sp³-hybridized carbons (Fsp3) is 0.615. The van der Waals surface area contributed by atoms with E-state index >= 15 is 0 Å². The number of rotatable bonds is 16. The molecule has 0 heterocycles. The second-order valence-corrected chi connectivity index (χ2v) is 9.58. The Bertz CT molecular complexity index is 848. The predicted molar refractivity (Wildman–Crippen MR) is 139 cm³/mol. The second kappa shape index (κ2) is 15.9. The summed E-state index contributed by atoms with van der Waals surface area (Å²) in [6.07, 6.45) is 2.29. The molecule has 0 radical (unpaired) electrons. The lowest BCUT2D eigenvalue weighted by Crippen LogP contribution is -2.58. The smallest absolute Gasteiger partial charge is 0.326 e. The number of nitrogens with one attached hydrogen (secondary N) is 3. The van der Waals surface area contributed by atoms with E-state index in [-0.39, 0.29) is 18.3 Å². The molecule has 0 aliphatic rings. The number of carbonyl (C=O) groups is 4. The molecule has 1 aromatic carbocycles. The van der Waals surface area contributed by atoms with E-state index < -0.39 is 47.9 Å². The lowest BCUT2D eigenvalue weighted by molar-refractivity contribution is -0.143. The van der Waals surface area contributed by atoms with Gasteiger partial charge in [0, 0.05) is 6.42 Å². The first kappa shape index (κ1) is 31.1. The van der Waals surface area contributed by atoms with Crippen molar-refractivity contribution in [2.45, 2.75) is 84.0 Å². The van der Waals surface area contributed by atoms with Crippen molar-refractivity contribution >= 4 is 23.7 Å². The van der Waals surface area contributed by atoms with Gasteiger partial charge in [0.25, 0.3) is 0 Å². The van der Waals surface area contributed by atoms with Crippen LogP contribution in [-0.4, -0.2) is 59.5 Å². The summed E-state index contributed by atoms with van der Waals surface area (Å²) in [5.74, 6) is -3.17. The molecular weight excluding hydrogens is 462 g/mol. The lowest BCUT2D eigenvalue weighted by Gasteiger charge is -2.27. The van der Waals surface area contributed by atoms with Gasteiger partial charge in [-0.15, -0.1) is 0 Å². The number of nitrogens with two attached hydrogens (primary N) is 2. The number of amides is 3. The molecule has 36 heavy (non-hydrogen) atoms. The van der Waals surface area contributed by atoms with Gasteiger partial charge < -0.3 is 32.5 Å². The van der Waals surface area contributed by atoms with Gasteiger partial charge in [-0.2, -0.15) is 0 Å². The number of carbonyl (C=O) groups excluding carboxylic acids is 3. The molecule has 8 N–H and O–H groups in total. The topological polar surface area (TPSA) is 177 Å². The highest BCUT2D eigenvalue weighted by Gasteiger charge is 2.32. The number of hydrogen-bond donors (Lipinski definition) is 6. The molecular formula is C26H43N5O5. The molecule has 202 valence electrons. The summed E-state index contributed by atoms with van der Waals surface area (Å²) in [5, 5.41) is 17.6. The van der Waals surface area contributed by atoms with Gasteiger partial charge in [-0.1, -0.05) is 64.4 Å². The van der Waals surface area contributed by atoms with Crippen molar-refractivity contribution in [2.75, 3.05) is 6.54 Å². The third-order valence-electron chi connectivity index (χ3n) is 6.29. The van der Waals surface area contributed by atoms with Crippen LogP contribution in [0, 0.1) is 11.8 Å². The van der Waals surface area contributed by atoms with Crippen LogP contribution in [0.4, 0.5) is 0 Å². The molecule has 0 saturated heterocycles. The van der Waals surface area contributed by atoms with Gasteiger partial charge >= 0.3 is 5.97 Å². The SMILES string of the molecule is CCC(C)C(NC(=O)C(Cc1ccccc1)NC(=O)C(CCCCN)NC(=O)C(N)C(C)C)C(=O)O. The molecule has 0 bridgehead atoms. The van der Waals surface area contributed by atoms with Crippen molar-refractivity contribution in [3.05, 3.63) is 35.9 Å².